The molecule has 0 saturated heterocycles. The average Bonchev–Trinajstić information content (AvgIpc) is 2.41. The van der Waals surface area contributed by atoms with Crippen LogP contribution in [0.15, 0.2) is 48.9 Å². The number of methoxy groups -OCH3 is 1. The summed E-state index contributed by atoms with van der Waals surface area (Å²) in [4.78, 5) is 13.8. The second kappa shape index (κ2) is 7.62. The van der Waals surface area contributed by atoms with Crippen LogP contribution < -0.4 is 0 Å². The molecule has 3 heteroatoms. The molecule has 0 aromatic rings. The molecule has 0 heterocycles. The van der Waals surface area contributed by atoms with Gasteiger partial charge >= 0.3 is 0 Å². The lowest BCUT2D eigenvalue weighted by molar-refractivity contribution is -0.128. The monoisotopic (exact) mass is 263 g/mol. The first kappa shape index (κ1) is 17.2. The summed E-state index contributed by atoms with van der Waals surface area (Å²) in [5.74, 6) is 0.423. The molecule has 0 N–H and O–H groups in total. The van der Waals surface area contributed by atoms with Crippen LogP contribution in [0, 0.1) is 0 Å². The molecule has 0 spiro atoms. The first-order valence-electron chi connectivity index (χ1n) is 6.38. The summed E-state index contributed by atoms with van der Waals surface area (Å²) in [5.41, 5.74) is 0.515. The first-order valence-corrected chi connectivity index (χ1v) is 6.38. The second-order valence-electron chi connectivity index (χ2n) is 4.76. The van der Waals surface area contributed by atoms with Gasteiger partial charge in [0.05, 0.1) is 7.11 Å². The van der Waals surface area contributed by atoms with E-state index >= 15 is 0 Å². The van der Waals surface area contributed by atoms with Crippen LogP contribution in [0.3, 0.4) is 0 Å². The van der Waals surface area contributed by atoms with Crippen LogP contribution in [0.25, 0.3) is 0 Å². The Morgan fingerprint density at radius 1 is 1.37 bits per heavy atom. The summed E-state index contributed by atoms with van der Waals surface area (Å²) in [6, 6.07) is 0. The zero-order valence-corrected chi connectivity index (χ0v) is 12.7. The summed E-state index contributed by atoms with van der Waals surface area (Å²) in [5, 5.41) is 0. The Bertz CT molecular complexity index is 403. The van der Waals surface area contributed by atoms with Gasteiger partial charge in [-0.3, -0.25) is 4.79 Å². The minimum atomic E-state index is -0.286. The molecule has 0 saturated carbocycles. The van der Waals surface area contributed by atoms with Gasteiger partial charge in [-0.15, -0.1) is 0 Å². The van der Waals surface area contributed by atoms with Gasteiger partial charge in [0.2, 0.25) is 0 Å². The number of hydrogen-bond acceptors (Lipinski definition) is 2. The highest BCUT2D eigenvalue weighted by molar-refractivity contribution is 5.89. The highest BCUT2D eigenvalue weighted by Gasteiger charge is 2.29. The molecule has 0 rings (SSSR count). The van der Waals surface area contributed by atoms with E-state index in [-0.39, 0.29) is 11.4 Å². The molecule has 0 radical (unpaired) electrons. The normalized spacial score (nSPS) is 12.4. The summed E-state index contributed by atoms with van der Waals surface area (Å²) in [7, 11) is 1.56. The molecule has 0 aromatic carbocycles. The maximum absolute atomic E-state index is 12.1. The third kappa shape index (κ3) is 4.78. The molecule has 0 bridgehead atoms. The summed E-state index contributed by atoms with van der Waals surface area (Å²) >= 11 is 0. The van der Waals surface area contributed by atoms with E-state index < -0.39 is 0 Å². The molecular weight excluding hydrogens is 238 g/mol. The number of rotatable bonds is 7. The fraction of sp³-hybridized carbons (Fsp3) is 0.438. The van der Waals surface area contributed by atoms with Gasteiger partial charge in [0.1, 0.15) is 5.76 Å². The van der Waals surface area contributed by atoms with E-state index in [0.717, 1.165) is 12.1 Å². The highest BCUT2D eigenvalue weighted by Crippen LogP contribution is 2.25. The van der Waals surface area contributed by atoms with Crippen molar-refractivity contribution in [3.63, 3.8) is 0 Å². The van der Waals surface area contributed by atoms with Crippen molar-refractivity contribution in [2.75, 3.05) is 7.11 Å². The van der Waals surface area contributed by atoms with Gasteiger partial charge in [0.25, 0.3) is 5.91 Å². The number of amides is 1. The van der Waals surface area contributed by atoms with Gasteiger partial charge in [-0.05, 0) is 45.4 Å². The molecule has 1 amide bonds. The topological polar surface area (TPSA) is 29.5 Å². The zero-order chi connectivity index (χ0) is 15.1. The van der Waals surface area contributed by atoms with Gasteiger partial charge < -0.3 is 9.64 Å². The number of carbonyl (C=O) groups excluding carboxylic acids is 1. The van der Waals surface area contributed by atoms with Crippen LogP contribution in [-0.4, -0.2) is 23.5 Å². The van der Waals surface area contributed by atoms with Gasteiger partial charge in [0.15, 0.2) is 0 Å². The molecule has 0 aliphatic rings. The van der Waals surface area contributed by atoms with Crippen LogP contribution >= 0.6 is 0 Å². The van der Waals surface area contributed by atoms with Crippen molar-refractivity contribution in [1.29, 1.82) is 0 Å². The molecule has 0 aliphatic carbocycles. The standard InChI is InChI=1S/C16H25NO2/c1-8-14(12-11-13(4)19-7)17(15(18)9-2)16(5,6)10-3/h8-9,11-12H,2,4,10H2,1,3,5-7H3/b12-11-,14-8+. The van der Waals surface area contributed by atoms with Crippen molar-refractivity contribution in [2.45, 2.75) is 39.7 Å². The van der Waals surface area contributed by atoms with E-state index in [0.29, 0.717) is 5.76 Å². The minimum absolute atomic E-state index is 0.118. The predicted octanol–water partition coefficient (Wildman–Crippen LogP) is 3.81. The third-order valence-electron chi connectivity index (χ3n) is 3.12. The van der Waals surface area contributed by atoms with Crippen LogP contribution in [0.5, 0.6) is 0 Å². The Morgan fingerprint density at radius 3 is 2.32 bits per heavy atom. The van der Waals surface area contributed by atoms with Crippen molar-refractivity contribution in [2.24, 2.45) is 0 Å². The maximum Gasteiger partial charge on any atom is 0.250 e. The molecule has 0 atom stereocenters. The molecular formula is C16H25NO2. The second-order valence-corrected chi connectivity index (χ2v) is 4.76. The van der Waals surface area contributed by atoms with Gasteiger partial charge in [0, 0.05) is 11.2 Å². The molecule has 0 unspecified atom stereocenters. The van der Waals surface area contributed by atoms with Crippen molar-refractivity contribution in [3.8, 4) is 0 Å². The molecule has 0 fully saturated rings. The van der Waals surface area contributed by atoms with Crippen molar-refractivity contribution < 1.29 is 9.53 Å². The largest absolute Gasteiger partial charge is 0.497 e. The van der Waals surface area contributed by atoms with Crippen LogP contribution in [0.4, 0.5) is 0 Å². The van der Waals surface area contributed by atoms with E-state index in [1.165, 1.54) is 6.08 Å². The van der Waals surface area contributed by atoms with Crippen LogP contribution in [-0.2, 0) is 9.53 Å². The average molecular weight is 263 g/mol. The number of hydrogen-bond donors (Lipinski definition) is 0. The van der Waals surface area contributed by atoms with Crippen LogP contribution in [0.2, 0.25) is 0 Å². The summed E-state index contributed by atoms with van der Waals surface area (Å²) in [6.45, 7) is 15.3. The zero-order valence-electron chi connectivity index (χ0n) is 12.7. The van der Waals surface area contributed by atoms with E-state index in [1.807, 2.05) is 32.9 Å². The Kier molecular flexibility index (Phi) is 6.91. The van der Waals surface area contributed by atoms with Crippen molar-refractivity contribution in [3.05, 3.63) is 48.9 Å². The molecule has 0 aromatic heterocycles. The first-order chi connectivity index (χ1) is 8.83. The Hall–Kier alpha value is -1.77. The maximum atomic E-state index is 12.1. The van der Waals surface area contributed by atoms with E-state index in [4.69, 9.17) is 4.74 Å². The molecule has 106 valence electrons. The number of allylic oxidation sites excluding steroid dienone is 3. The lowest BCUT2D eigenvalue weighted by Crippen LogP contribution is -2.45. The molecule has 3 nitrogen and oxygen atoms in total. The Balaban J connectivity index is 5.46. The molecule has 0 aliphatic heterocycles. The van der Waals surface area contributed by atoms with Crippen LogP contribution in [0.1, 0.15) is 34.1 Å². The van der Waals surface area contributed by atoms with E-state index in [2.05, 4.69) is 20.1 Å². The fourth-order valence-corrected chi connectivity index (χ4v) is 1.57. The SMILES string of the molecule is C=CC(=O)N(C(/C=C\C(=C)OC)=C/C)C(C)(C)CC. The van der Waals surface area contributed by atoms with Crippen molar-refractivity contribution >= 4 is 5.91 Å². The summed E-state index contributed by atoms with van der Waals surface area (Å²) in [6.07, 6.45) is 7.62. The minimum Gasteiger partial charge on any atom is -0.497 e. The van der Waals surface area contributed by atoms with E-state index in [1.54, 1.807) is 18.1 Å². The van der Waals surface area contributed by atoms with Crippen molar-refractivity contribution in [1.82, 2.24) is 4.90 Å². The lowest BCUT2D eigenvalue weighted by Gasteiger charge is -2.38. The lowest BCUT2D eigenvalue weighted by atomic mass is 9.97. The van der Waals surface area contributed by atoms with Gasteiger partial charge in [-0.25, -0.2) is 0 Å². The Labute approximate surface area is 116 Å². The number of ether oxygens (including phenoxy) is 1. The number of carbonyl (C=O) groups is 1. The highest BCUT2D eigenvalue weighted by atomic mass is 16.5. The van der Waals surface area contributed by atoms with E-state index in [9.17, 15) is 4.79 Å². The number of nitrogens with zero attached hydrogens (tertiary/aromatic N) is 1. The quantitative estimate of drug-likeness (QED) is 0.397. The fourth-order valence-electron chi connectivity index (χ4n) is 1.57. The van der Waals surface area contributed by atoms with Gasteiger partial charge in [-0.1, -0.05) is 26.2 Å². The van der Waals surface area contributed by atoms with Gasteiger partial charge in [-0.2, -0.15) is 0 Å². The third-order valence-corrected chi connectivity index (χ3v) is 3.12. The summed E-state index contributed by atoms with van der Waals surface area (Å²) < 4.78 is 4.99. The Morgan fingerprint density at radius 2 is 1.95 bits per heavy atom. The predicted molar refractivity (Wildman–Crippen MR) is 80.5 cm³/mol. The molecule has 19 heavy (non-hydrogen) atoms. The smallest absolute Gasteiger partial charge is 0.250 e.